The van der Waals surface area contributed by atoms with Crippen LogP contribution in [0.25, 0.3) is 6.08 Å². The predicted molar refractivity (Wildman–Crippen MR) is 82.6 cm³/mol. The maximum absolute atomic E-state index is 12.5. The number of hydrogen-bond acceptors (Lipinski definition) is 5. The third-order valence-electron chi connectivity index (χ3n) is 3.95. The van der Waals surface area contributed by atoms with Gasteiger partial charge in [-0.05, 0) is 42.0 Å². The maximum Gasteiger partial charge on any atom is 0.335 e. The van der Waals surface area contributed by atoms with Crippen LogP contribution in [0.4, 0.5) is 0 Å². The van der Waals surface area contributed by atoms with E-state index in [1.54, 1.807) is 18.2 Å². The molecule has 0 atom stereocenters. The number of carboxylic acids is 1. The van der Waals surface area contributed by atoms with Crippen molar-refractivity contribution in [3.8, 4) is 11.5 Å². The summed E-state index contributed by atoms with van der Waals surface area (Å²) in [5, 5.41) is 9.02. The molecule has 0 radical (unpaired) electrons. The first kappa shape index (κ1) is 14.2. The van der Waals surface area contributed by atoms with Crippen molar-refractivity contribution in [3.05, 3.63) is 64.2 Å². The van der Waals surface area contributed by atoms with Crippen LogP contribution in [0.1, 0.15) is 36.6 Å². The van der Waals surface area contributed by atoms with Gasteiger partial charge in [0.25, 0.3) is 0 Å². The number of allylic oxidation sites excluding steroid dienone is 1. The molecule has 1 aliphatic heterocycles. The highest BCUT2D eigenvalue weighted by Crippen LogP contribution is 2.34. The molecule has 2 aromatic rings. The Hall–Kier alpha value is -3.41. The second kappa shape index (κ2) is 5.06. The van der Waals surface area contributed by atoms with E-state index in [4.69, 9.17) is 14.6 Å². The third-order valence-corrected chi connectivity index (χ3v) is 3.95. The van der Waals surface area contributed by atoms with Crippen LogP contribution in [0.15, 0.2) is 42.0 Å². The lowest BCUT2D eigenvalue weighted by Crippen LogP contribution is -2.01. The minimum absolute atomic E-state index is 0.00593. The van der Waals surface area contributed by atoms with Crippen LogP contribution in [-0.2, 0) is 0 Å². The summed E-state index contributed by atoms with van der Waals surface area (Å²) in [6, 6.07) is 9.02. The third kappa shape index (κ3) is 2.08. The van der Waals surface area contributed by atoms with Crippen molar-refractivity contribution in [1.29, 1.82) is 0 Å². The van der Waals surface area contributed by atoms with Crippen molar-refractivity contribution in [2.45, 2.75) is 0 Å². The lowest BCUT2D eigenvalue weighted by molar-refractivity contribution is 0.0696. The summed E-state index contributed by atoms with van der Waals surface area (Å²) in [4.78, 5) is 35.9. The molecule has 0 saturated carbocycles. The Kier molecular flexibility index (Phi) is 2.99. The number of ether oxygens (including phenoxy) is 2. The van der Waals surface area contributed by atoms with Crippen molar-refractivity contribution < 1.29 is 29.0 Å². The zero-order chi connectivity index (χ0) is 16.8. The normalized spacial score (nSPS) is 16.6. The van der Waals surface area contributed by atoms with Gasteiger partial charge in [0.05, 0.1) is 11.1 Å². The van der Waals surface area contributed by atoms with Crippen LogP contribution >= 0.6 is 0 Å². The SMILES string of the molecule is O=C(O)c1ccc2c(c1)C(=O)C(=Cc1ccc3c(c1)OCO3)C2=O. The number of hydrogen-bond donors (Lipinski definition) is 1. The highest BCUT2D eigenvalue weighted by Gasteiger charge is 2.33. The van der Waals surface area contributed by atoms with Gasteiger partial charge in [-0.25, -0.2) is 4.79 Å². The number of fused-ring (bicyclic) bond motifs is 2. The van der Waals surface area contributed by atoms with Crippen LogP contribution in [0.5, 0.6) is 11.5 Å². The minimum atomic E-state index is -1.15. The van der Waals surface area contributed by atoms with Gasteiger partial charge < -0.3 is 14.6 Å². The molecule has 6 heteroatoms. The lowest BCUT2D eigenvalue weighted by atomic mass is 10.1. The van der Waals surface area contributed by atoms with Crippen molar-refractivity contribution >= 4 is 23.6 Å². The number of benzene rings is 2. The highest BCUT2D eigenvalue weighted by molar-refractivity contribution is 6.41. The standard InChI is InChI=1S/C18H10O6/c19-16-11-3-2-10(18(21)22)7-12(11)17(20)13(16)5-9-1-4-14-15(6-9)24-8-23-14/h1-7H,8H2,(H,21,22). The van der Waals surface area contributed by atoms with Crippen molar-refractivity contribution in [2.75, 3.05) is 6.79 Å². The smallest absolute Gasteiger partial charge is 0.335 e. The van der Waals surface area contributed by atoms with E-state index < -0.39 is 17.5 Å². The van der Waals surface area contributed by atoms with Gasteiger partial charge in [0.15, 0.2) is 23.1 Å². The molecule has 118 valence electrons. The second-order valence-corrected chi connectivity index (χ2v) is 5.39. The average Bonchev–Trinajstić information content (AvgIpc) is 3.13. The number of rotatable bonds is 2. The molecule has 0 unspecified atom stereocenters. The van der Waals surface area contributed by atoms with Crippen LogP contribution < -0.4 is 9.47 Å². The molecule has 0 amide bonds. The van der Waals surface area contributed by atoms with Gasteiger partial charge in [0.1, 0.15) is 0 Å². The van der Waals surface area contributed by atoms with Crippen molar-refractivity contribution in [1.82, 2.24) is 0 Å². The topological polar surface area (TPSA) is 89.9 Å². The molecule has 0 saturated heterocycles. The van der Waals surface area contributed by atoms with Gasteiger partial charge in [-0.1, -0.05) is 6.07 Å². The van der Waals surface area contributed by atoms with Gasteiger partial charge in [0, 0.05) is 11.1 Å². The summed E-state index contributed by atoms with van der Waals surface area (Å²) in [6.07, 6.45) is 1.48. The number of Topliss-reactive ketones (excluding diaryl/α,β-unsaturated/α-hetero) is 2. The second-order valence-electron chi connectivity index (χ2n) is 5.39. The highest BCUT2D eigenvalue weighted by atomic mass is 16.7. The monoisotopic (exact) mass is 322 g/mol. The Bertz CT molecular complexity index is 954. The summed E-state index contributed by atoms with van der Waals surface area (Å²) >= 11 is 0. The molecule has 2 aliphatic rings. The summed E-state index contributed by atoms with van der Waals surface area (Å²) in [6.45, 7) is 0.136. The molecule has 1 aliphatic carbocycles. The summed E-state index contributed by atoms with van der Waals surface area (Å²) in [5.74, 6) is -0.879. The van der Waals surface area contributed by atoms with Crippen molar-refractivity contribution in [2.24, 2.45) is 0 Å². The van der Waals surface area contributed by atoms with Gasteiger partial charge in [0.2, 0.25) is 6.79 Å². The molecule has 1 heterocycles. The van der Waals surface area contributed by atoms with E-state index in [9.17, 15) is 14.4 Å². The van der Waals surface area contributed by atoms with Crippen molar-refractivity contribution in [3.63, 3.8) is 0 Å². The zero-order valence-corrected chi connectivity index (χ0v) is 12.2. The Morgan fingerprint density at radius 3 is 2.50 bits per heavy atom. The fourth-order valence-corrected chi connectivity index (χ4v) is 2.76. The number of carboxylic acid groups (broad SMARTS) is 1. The first-order chi connectivity index (χ1) is 11.5. The molecule has 0 aromatic heterocycles. The van der Waals surface area contributed by atoms with E-state index in [0.717, 1.165) is 0 Å². The van der Waals surface area contributed by atoms with Crippen LogP contribution in [0, 0.1) is 0 Å². The van der Waals surface area contributed by atoms with E-state index in [2.05, 4.69) is 0 Å². The van der Waals surface area contributed by atoms with Crippen LogP contribution in [0.3, 0.4) is 0 Å². The van der Waals surface area contributed by atoms with E-state index in [1.165, 1.54) is 24.3 Å². The zero-order valence-electron chi connectivity index (χ0n) is 12.2. The van der Waals surface area contributed by atoms with Crippen LogP contribution in [-0.4, -0.2) is 29.4 Å². The Labute approximate surface area is 135 Å². The van der Waals surface area contributed by atoms with E-state index in [-0.39, 0.29) is 29.1 Å². The molecule has 24 heavy (non-hydrogen) atoms. The van der Waals surface area contributed by atoms with E-state index in [1.807, 2.05) is 0 Å². The first-order valence-corrected chi connectivity index (χ1v) is 7.12. The van der Waals surface area contributed by atoms with E-state index in [0.29, 0.717) is 17.1 Å². The number of carbonyl (C=O) groups is 3. The molecule has 0 bridgehead atoms. The number of ketones is 2. The number of carbonyl (C=O) groups excluding carboxylic acids is 2. The molecule has 0 spiro atoms. The Morgan fingerprint density at radius 2 is 1.71 bits per heavy atom. The van der Waals surface area contributed by atoms with Gasteiger partial charge in [-0.3, -0.25) is 9.59 Å². The average molecular weight is 322 g/mol. The molecular formula is C18H10O6. The molecular weight excluding hydrogens is 312 g/mol. The molecule has 2 aromatic carbocycles. The molecule has 6 nitrogen and oxygen atoms in total. The van der Waals surface area contributed by atoms with Gasteiger partial charge in [-0.2, -0.15) is 0 Å². The lowest BCUT2D eigenvalue weighted by Gasteiger charge is -1.99. The first-order valence-electron chi connectivity index (χ1n) is 7.12. The molecule has 4 rings (SSSR count). The van der Waals surface area contributed by atoms with Gasteiger partial charge in [-0.15, -0.1) is 0 Å². The Balaban J connectivity index is 1.76. The maximum atomic E-state index is 12.5. The predicted octanol–water partition coefficient (Wildman–Crippen LogP) is 2.58. The number of aromatic carboxylic acids is 1. The summed E-state index contributed by atoms with van der Waals surface area (Å²) in [5.41, 5.74) is 0.941. The van der Waals surface area contributed by atoms with Gasteiger partial charge >= 0.3 is 5.97 Å². The van der Waals surface area contributed by atoms with Crippen LogP contribution in [0.2, 0.25) is 0 Å². The quantitative estimate of drug-likeness (QED) is 0.675. The fourth-order valence-electron chi connectivity index (χ4n) is 2.76. The summed E-state index contributed by atoms with van der Waals surface area (Å²) in [7, 11) is 0. The van der Waals surface area contributed by atoms with E-state index >= 15 is 0 Å². The molecule has 0 fully saturated rings. The largest absolute Gasteiger partial charge is 0.478 e. The molecule has 1 N–H and O–H groups in total. The summed E-state index contributed by atoms with van der Waals surface area (Å²) < 4.78 is 10.5. The minimum Gasteiger partial charge on any atom is -0.478 e. The fraction of sp³-hybridized carbons (Fsp3) is 0.0556. The Morgan fingerprint density at radius 1 is 0.958 bits per heavy atom.